The van der Waals surface area contributed by atoms with Gasteiger partial charge in [-0.2, -0.15) is 0 Å². The number of aryl methyl sites for hydroxylation is 1. The van der Waals surface area contributed by atoms with Crippen LogP contribution in [0.2, 0.25) is 0 Å². The molecule has 0 amide bonds. The van der Waals surface area contributed by atoms with Crippen LogP contribution < -0.4 is 11.2 Å². The lowest BCUT2D eigenvalue weighted by atomic mass is 9.91. The lowest BCUT2D eigenvalue weighted by molar-refractivity contribution is -0.384. The Hall–Kier alpha value is -1.52. The van der Waals surface area contributed by atoms with Gasteiger partial charge in [-0.1, -0.05) is 5.46 Å². The van der Waals surface area contributed by atoms with E-state index in [4.69, 9.17) is 13.6 Å². The Bertz CT molecular complexity index is 315. The zero-order valence-electron chi connectivity index (χ0n) is 6.57. The molecule has 1 aromatic carbocycles. The maximum Gasteiger partial charge on any atom is 0.269 e. The maximum atomic E-state index is 10.3. The van der Waals surface area contributed by atoms with Crippen molar-refractivity contribution in [1.29, 1.82) is 0 Å². The first kappa shape index (κ1) is 8.58. The van der Waals surface area contributed by atoms with Gasteiger partial charge in [0.05, 0.1) is 4.92 Å². The van der Waals surface area contributed by atoms with E-state index in [9.17, 15) is 10.1 Å². The van der Waals surface area contributed by atoms with Gasteiger partial charge in [0.25, 0.3) is 5.69 Å². The molecule has 1 rings (SSSR count). The van der Waals surface area contributed by atoms with Crippen molar-refractivity contribution in [3.63, 3.8) is 0 Å². The molecular formula is C7H7BN2O2. The van der Waals surface area contributed by atoms with Gasteiger partial charge >= 0.3 is 0 Å². The molecule has 0 aromatic heterocycles. The Morgan fingerprint density at radius 2 is 2.17 bits per heavy atom. The monoisotopic (exact) mass is 162 g/mol. The molecule has 2 radical (unpaired) electrons. The molecular weight excluding hydrogens is 155 g/mol. The number of nitrogens with zero attached hydrogens (tertiary/aromatic N) is 1. The smallest absolute Gasteiger partial charge is 0.269 e. The topological polar surface area (TPSA) is 69.2 Å². The molecule has 4 nitrogen and oxygen atoms in total. The lowest BCUT2D eigenvalue weighted by Gasteiger charge is -2.03. The number of hydrogen-bond acceptors (Lipinski definition) is 3. The summed E-state index contributed by atoms with van der Waals surface area (Å²) < 4.78 is 0. The Balaban J connectivity index is 3.31. The summed E-state index contributed by atoms with van der Waals surface area (Å²) in [6.07, 6.45) is 0. The van der Waals surface area contributed by atoms with E-state index in [0.29, 0.717) is 11.3 Å². The van der Waals surface area contributed by atoms with E-state index in [1.807, 2.05) is 0 Å². The highest BCUT2D eigenvalue weighted by molar-refractivity contribution is 6.36. The average molecular weight is 162 g/mol. The Labute approximate surface area is 70.9 Å². The Kier molecular flexibility index (Phi) is 2.04. The molecule has 0 aliphatic carbocycles. The second-order valence-electron chi connectivity index (χ2n) is 2.52. The molecule has 0 saturated heterocycles. The summed E-state index contributed by atoms with van der Waals surface area (Å²) in [5.41, 5.74) is 6.76. The zero-order valence-corrected chi connectivity index (χ0v) is 6.57. The van der Waals surface area contributed by atoms with Crippen LogP contribution in [-0.4, -0.2) is 12.8 Å². The number of anilines is 1. The van der Waals surface area contributed by atoms with Crippen LogP contribution in [-0.2, 0) is 0 Å². The maximum absolute atomic E-state index is 10.3. The molecule has 12 heavy (non-hydrogen) atoms. The fourth-order valence-corrected chi connectivity index (χ4v) is 0.911. The first-order valence-electron chi connectivity index (χ1n) is 3.32. The van der Waals surface area contributed by atoms with Crippen LogP contribution in [0.15, 0.2) is 12.1 Å². The molecule has 0 bridgehead atoms. The highest BCUT2D eigenvalue weighted by Gasteiger charge is 2.08. The summed E-state index contributed by atoms with van der Waals surface area (Å²) in [7, 11) is 5.43. The third-order valence-corrected chi connectivity index (χ3v) is 1.61. The molecule has 0 aliphatic rings. The van der Waals surface area contributed by atoms with Gasteiger partial charge in [-0.25, -0.2) is 0 Å². The summed E-state index contributed by atoms with van der Waals surface area (Å²) in [4.78, 5) is 9.83. The Morgan fingerprint density at radius 3 is 2.58 bits per heavy atom. The quantitative estimate of drug-likeness (QED) is 0.279. The van der Waals surface area contributed by atoms with Crippen molar-refractivity contribution in [3.05, 3.63) is 27.8 Å². The summed E-state index contributed by atoms with van der Waals surface area (Å²) in [5, 5.41) is 10.3. The number of benzene rings is 1. The molecule has 1 aromatic rings. The molecule has 5 heteroatoms. The lowest BCUT2D eigenvalue weighted by Crippen LogP contribution is -2.12. The van der Waals surface area contributed by atoms with Crippen LogP contribution in [0.4, 0.5) is 11.4 Å². The molecule has 0 atom stereocenters. The number of non-ortho nitro benzene ring substituents is 1. The normalized spacial score (nSPS) is 9.75. The second-order valence-corrected chi connectivity index (χ2v) is 2.52. The third kappa shape index (κ3) is 1.39. The molecule has 60 valence electrons. The van der Waals surface area contributed by atoms with Crippen molar-refractivity contribution in [3.8, 4) is 0 Å². The van der Waals surface area contributed by atoms with Gasteiger partial charge in [-0.3, -0.25) is 10.1 Å². The van der Waals surface area contributed by atoms with Gasteiger partial charge in [-0.15, -0.1) is 0 Å². The first-order chi connectivity index (χ1) is 5.52. The van der Waals surface area contributed by atoms with E-state index in [1.165, 1.54) is 12.1 Å². The minimum atomic E-state index is -0.497. The van der Waals surface area contributed by atoms with E-state index in [-0.39, 0.29) is 11.2 Å². The number of nitro groups is 1. The van der Waals surface area contributed by atoms with E-state index >= 15 is 0 Å². The number of nitrogen functional groups attached to an aromatic ring is 1. The van der Waals surface area contributed by atoms with Crippen LogP contribution >= 0.6 is 0 Å². The van der Waals surface area contributed by atoms with Crippen LogP contribution in [0.5, 0.6) is 0 Å². The molecule has 0 heterocycles. The fourth-order valence-electron chi connectivity index (χ4n) is 0.911. The Morgan fingerprint density at radius 1 is 1.58 bits per heavy atom. The third-order valence-electron chi connectivity index (χ3n) is 1.61. The summed E-state index contributed by atoms with van der Waals surface area (Å²) in [6.45, 7) is 1.68. The van der Waals surface area contributed by atoms with E-state index in [0.717, 1.165) is 0 Å². The molecule has 0 saturated carbocycles. The van der Waals surface area contributed by atoms with Crippen molar-refractivity contribution in [2.45, 2.75) is 6.92 Å². The number of nitrogens with two attached hydrogens (primary N) is 1. The summed E-state index contributed by atoms with van der Waals surface area (Å²) in [6, 6.07) is 2.65. The van der Waals surface area contributed by atoms with E-state index in [1.54, 1.807) is 6.92 Å². The van der Waals surface area contributed by atoms with Gasteiger partial charge in [0.2, 0.25) is 0 Å². The number of nitro benzene ring substituents is 1. The van der Waals surface area contributed by atoms with Crippen LogP contribution in [0.3, 0.4) is 0 Å². The summed E-state index contributed by atoms with van der Waals surface area (Å²) in [5.74, 6) is 0. The molecule has 0 spiro atoms. The van der Waals surface area contributed by atoms with Crippen molar-refractivity contribution in [2.75, 3.05) is 5.73 Å². The molecule has 0 fully saturated rings. The van der Waals surface area contributed by atoms with Gasteiger partial charge in [0, 0.05) is 17.8 Å². The average Bonchev–Trinajstić information content (AvgIpc) is 1.99. The highest BCUT2D eigenvalue weighted by Crippen LogP contribution is 2.15. The van der Waals surface area contributed by atoms with Crippen molar-refractivity contribution in [1.82, 2.24) is 0 Å². The van der Waals surface area contributed by atoms with Gasteiger partial charge < -0.3 is 5.73 Å². The fraction of sp³-hybridized carbons (Fsp3) is 0.143. The molecule has 0 aliphatic heterocycles. The van der Waals surface area contributed by atoms with E-state index < -0.39 is 4.92 Å². The minimum absolute atomic E-state index is 0.0285. The van der Waals surface area contributed by atoms with E-state index in [2.05, 4.69) is 0 Å². The predicted octanol–water partition coefficient (Wildman–Crippen LogP) is 0.279. The summed E-state index contributed by atoms with van der Waals surface area (Å²) >= 11 is 0. The minimum Gasteiger partial charge on any atom is -0.399 e. The predicted molar refractivity (Wildman–Crippen MR) is 47.6 cm³/mol. The van der Waals surface area contributed by atoms with Crippen molar-refractivity contribution < 1.29 is 4.92 Å². The molecule has 2 N–H and O–H groups in total. The van der Waals surface area contributed by atoms with Crippen LogP contribution in [0.1, 0.15) is 5.56 Å². The van der Waals surface area contributed by atoms with Gasteiger partial charge in [-0.05, 0) is 12.5 Å². The van der Waals surface area contributed by atoms with Gasteiger partial charge in [0.1, 0.15) is 7.85 Å². The van der Waals surface area contributed by atoms with Crippen LogP contribution in [0.25, 0.3) is 0 Å². The van der Waals surface area contributed by atoms with Crippen molar-refractivity contribution >= 4 is 24.7 Å². The largest absolute Gasteiger partial charge is 0.399 e. The first-order valence-corrected chi connectivity index (χ1v) is 3.32. The number of hydrogen-bond donors (Lipinski definition) is 1. The van der Waals surface area contributed by atoms with Crippen LogP contribution in [0, 0.1) is 17.0 Å². The molecule has 0 unspecified atom stereocenters. The highest BCUT2D eigenvalue weighted by atomic mass is 16.6. The zero-order chi connectivity index (χ0) is 9.30. The standard InChI is InChI=1S/C7H7BN2O2/c1-4-2-5(10(11)12)3-6(8)7(4)9/h2-3H,9H2,1H3. The number of rotatable bonds is 1. The van der Waals surface area contributed by atoms with Gasteiger partial charge in [0.15, 0.2) is 0 Å². The second kappa shape index (κ2) is 2.85. The van der Waals surface area contributed by atoms with Crippen molar-refractivity contribution in [2.24, 2.45) is 0 Å². The SMILES string of the molecule is [B]c1cc([N+](=O)[O-])cc(C)c1N.